The van der Waals surface area contributed by atoms with E-state index in [4.69, 9.17) is 14.2 Å². The topological polar surface area (TPSA) is 117 Å². The maximum atomic E-state index is 12.4. The van der Waals surface area contributed by atoms with Gasteiger partial charge in [-0.05, 0) is 30.5 Å². The second-order valence-corrected chi connectivity index (χ2v) is 6.61. The Morgan fingerprint density at radius 1 is 1.13 bits per heavy atom. The van der Waals surface area contributed by atoms with Crippen molar-refractivity contribution in [1.82, 2.24) is 0 Å². The molecule has 0 saturated carbocycles. The van der Waals surface area contributed by atoms with Crippen LogP contribution >= 0.6 is 0 Å². The third-order valence-electron chi connectivity index (χ3n) is 4.19. The molecule has 1 amide bonds. The van der Waals surface area contributed by atoms with E-state index >= 15 is 0 Å². The first-order chi connectivity index (χ1) is 14.3. The molecule has 0 atom stereocenters. The van der Waals surface area contributed by atoms with Gasteiger partial charge < -0.3 is 19.5 Å². The first kappa shape index (κ1) is 22.7. The number of nitro groups is 1. The first-order valence-electron chi connectivity index (χ1n) is 9.33. The minimum atomic E-state index is -1.02. The van der Waals surface area contributed by atoms with Crippen molar-refractivity contribution in [2.45, 2.75) is 26.7 Å². The Labute approximate surface area is 174 Å². The van der Waals surface area contributed by atoms with Gasteiger partial charge in [0.15, 0.2) is 18.1 Å². The highest BCUT2D eigenvalue weighted by molar-refractivity contribution is 5.98. The molecule has 2 aromatic rings. The average Bonchev–Trinajstić information content (AvgIpc) is 2.72. The monoisotopic (exact) mass is 416 g/mol. The Kier molecular flexibility index (Phi) is 7.74. The molecular formula is C21H24N2O7. The zero-order valence-electron chi connectivity index (χ0n) is 17.3. The summed E-state index contributed by atoms with van der Waals surface area (Å²) in [4.78, 5) is 35.1. The Morgan fingerprint density at radius 3 is 2.33 bits per heavy atom. The van der Waals surface area contributed by atoms with Gasteiger partial charge >= 0.3 is 5.97 Å². The van der Waals surface area contributed by atoms with Crippen molar-refractivity contribution in [3.8, 4) is 11.5 Å². The second kappa shape index (κ2) is 10.2. The van der Waals surface area contributed by atoms with Crippen molar-refractivity contribution in [1.29, 1.82) is 0 Å². The number of benzene rings is 2. The van der Waals surface area contributed by atoms with Gasteiger partial charge in [0, 0.05) is 11.8 Å². The summed E-state index contributed by atoms with van der Waals surface area (Å²) in [5, 5.41) is 13.9. The van der Waals surface area contributed by atoms with Crippen molar-refractivity contribution in [2.75, 3.05) is 25.6 Å². The number of hydrogen-bond acceptors (Lipinski definition) is 7. The third-order valence-corrected chi connectivity index (χ3v) is 4.19. The lowest BCUT2D eigenvalue weighted by Crippen LogP contribution is -2.21. The van der Waals surface area contributed by atoms with Crippen LogP contribution in [-0.4, -0.2) is 37.1 Å². The summed E-state index contributed by atoms with van der Waals surface area (Å²) in [6, 6.07) is 9.53. The zero-order valence-corrected chi connectivity index (χ0v) is 17.3. The second-order valence-electron chi connectivity index (χ2n) is 6.61. The summed E-state index contributed by atoms with van der Waals surface area (Å²) in [7, 11) is 1.33. The van der Waals surface area contributed by atoms with Crippen molar-refractivity contribution in [2.24, 2.45) is 0 Å². The van der Waals surface area contributed by atoms with Gasteiger partial charge in [-0.15, -0.1) is 0 Å². The fourth-order valence-electron chi connectivity index (χ4n) is 2.65. The van der Waals surface area contributed by atoms with Gasteiger partial charge in [-0.1, -0.05) is 26.0 Å². The number of carbonyl (C=O) groups excluding carboxylic acids is 2. The normalized spacial score (nSPS) is 10.4. The van der Waals surface area contributed by atoms with Crippen molar-refractivity contribution >= 4 is 23.3 Å². The molecule has 0 aromatic heterocycles. The van der Waals surface area contributed by atoms with Gasteiger partial charge in [-0.25, -0.2) is 4.79 Å². The quantitative estimate of drug-likeness (QED) is 0.374. The molecule has 9 nitrogen and oxygen atoms in total. The summed E-state index contributed by atoms with van der Waals surface area (Å²) in [6.45, 7) is 5.50. The summed E-state index contributed by atoms with van der Waals surface area (Å²) in [5.41, 5.74) is 0.828. The van der Waals surface area contributed by atoms with Gasteiger partial charge in [0.2, 0.25) is 0 Å². The largest absolute Gasteiger partial charge is 0.493 e. The van der Waals surface area contributed by atoms with Crippen LogP contribution in [0.25, 0.3) is 0 Å². The molecule has 0 spiro atoms. The van der Waals surface area contributed by atoms with Crippen LogP contribution in [-0.2, 0) is 9.53 Å². The van der Waals surface area contributed by atoms with Crippen molar-refractivity contribution in [3.05, 3.63) is 57.6 Å². The number of amides is 1. The zero-order chi connectivity index (χ0) is 22.3. The molecule has 0 saturated heterocycles. The number of nitro benzene ring substituents is 1. The van der Waals surface area contributed by atoms with Crippen LogP contribution < -0.4 is 14.8 Å². The van der Waals surface area contributed by atoms with E-state index in [9.17, 15) is 19.7 Å². The van der Waals surface area contributed by atoms with Gasteiger partial charge in [0.1, 0.15) is 5.56 Å². The predicted octanol–water partition coefficient (Wildman–Crippen LogP) is 3.92. The highest BCUT2D eigenvalue weighted by Crippen LogP contribution is 2.35. The Morgan fingerprint density at radius 2 is 1.80 bits per heavy atom. The standard InChI is InChI=1S/C21H24N2O7/c1-5-29-19-10-16(17(23(26)27)11-18(19)28-4)21(25)30-12-20(24)22-15-8-6-14(7-9-15)13(2)3/h6-11,13H,5,12H2,1-4H3,(H,22,24). The third kappa shape index (κ3) is 5.69. The first-order valence-corrected chi connectivity index (χ1v) is 9.33. The number of nitrogens with zero attached hydrogens (tertiary/aromatic N) is 1. The van der Waals surface area contributed by atoms with E-state index in [1.807, 2.05) is 12.1 Å². The minimum Gasteiger partial charge on any atom is -0.493 e. The number of hydrogen-bond donors (Lipinski definition) is 1. The van der Waals surface area contributed by atoms with Gasteiger partial charge in [-0.2, -0.15) is 0 Å². The molecule has 1 N–H and O–H groups in total. The molecule has 0 unspecified atom stereocenters. The fraction of sp³-hybridized carbons (Fsp3) is 0.333. The highest BCUT2D eigenvalue weighted by Gasteiger charge is 2.26. The van der Waals surface area contributed by atoms with E-state index in [1.54, 1.807) is 19.1 Å². The van der Waals surface area contributed by atoms with Crippen LogP contribution in [0.1, 0.15) is 42.6 Å². The Hall–Kier alpha value is -3.62. The average molecular weight is 416 g/mol. The smallest absolute Gasteiger partial charge is 0.345 e. The van der Waals surface area contributed by atoms with Crippen LogP contribution in [0.4, 0.5) is 11.4 Å². The molecule has 0 aliphatic heterocycles. The molecule has 0 heterocycles. The Balaban J connectivity index is 2.10. The number of nitrogens with one attached hydrogen (secondary N) is 1. The number of methoxy groups -OCH3 is 1. The maximum Gasteiger partial charge on any atom is 0.345 e. The Bertz CT molecular complexity index is 924. The van der Waals surface area contributed by atoms with Crippen LogP contribution in [0.15, 0.2) is 36.4 Å². The van der Waals surface area contributed by atoms with E-state index in [2.05, 4.69) is 19.2 Å². The summed E-state index contributed by atoms with van der Waals surface area (Å²) < 4.78 is 15.4. The highest BCUT2D eigenvalue weighted by atomic mass is 16.6. The summed E-state index contributed by atoms with van der Waals surface area (Å²) >= 11 is 0. The summed E-state index contributed by atoms with van der Waals surface area (Å²) in [5.74, 6) is -0.954. The number of rotatable bonds is 9. The van der Waals surface area contributed by atoms with E-state index in [-0.39, 0.29) is 23.7 Å². The van der Waals surface area contributed by atoms with E-state index in [0.29, 0.717) is 11.6 Å². The predicted molar refractivity (Wildman–Crippen MR) is 110 cm³/mol. The lowest BCUT2D eigenvalue weighted by atomic mass is 10.0. The molecule has 0 bridgehead atoms. The van der Waals surface area contributed by atoms with E-state index in [1.165, 1.54) is 13.2 Å². The number of carbonyl (C=O) groups is 2. The molecule has 0 radical (unpaired) electrons. The minimum absolute atomic E-state index is 0.114. The van der Waals surface area contributed by atoms with E-state index in [0.717, 1.165) is 11.6 Å². The molecule has 160 valence electrons. The summed E-state index contributed by atoms with van der Waals surface area (Å²) in [6.07, 6.45) is 0. The molecule has 0 fully saturated rings. The number of ether oxygens (including phenoxy) is 3. The van der Waals surface area contributed by atoms with Gasteiger partial charge in [0.25, 0.3) is 11.6 Å². The van der Waals surface area contributed by atoms with Gasteiger partial charge in [0.05, 0.1) is 24.7 Å². The van der Waals surface area contributed by atoms with E-state index < -0.39 is 29.1 Å². The molecular weight excluding hydrogens is 392 g/mol. The molecule has 2 aromatic carbocycles. The van der Waals surface area contributed by atoms with Crippen LogP contribution in [0.2, 0.25) is 0 Å². The molecule has 0 aliphatic carbocycles. The number of anilines is 1. The lowest BCUT2D eigenvalue weighted by Gasteiger charge is -2.12. The molecule has 0 aliphatic rings. The molecule has 30 heavy (non-hydrogen) atoms. The lowest BCUT2D eigenvalue weighted by molar-refractivity contribution is -0.385. The van der Waals surface area contributed by atoms with Gasteiger partial charge in [-0.3, -0.25) is 14.9 Å². The molecule has 2 rings (SSSR count). The van der Waals surface area contributed by atoms with Crippen molar-refractivity contribution < 1.29 is 28.7 Å². The molecule has 9 heteroatoms. The number of esters is 1. The maximum absolute atomic E-state index is 12.4. The fourth-order valence-corrected chi connectivity index (χ4v) is 2.65. The van der Waals surface area contributed by atoms with Crippen LogP contribution in [0.3, 0.4) is 0 Å². The van der Waals surface area contributed by atoms with Crippen LogP contribution in [0.5, 0.6) is 11.5 Å². The van der Waals surface area contributed by atoms with Crippen molar-refractivity contribution in [3.63, 3.8) is 0 Å². The SMILES string of the molecule is CCOc1cc(C(=O)OCC(=O)Nc2ccc(C(C)C)cc2)c([N+](=O)[O-])cc1OC. The van der Waals surface area contributed by atoms with Crippen LogP contribution in [0, 0.1) is 10.1 Å².